The van der Waals surface area contributed by atoms with Crippen LogP contribution in [-0.2, 0) is 11.3 Å². The lowest BCUT2D eigenvalue weighted by atomic mass is 10.1. The first-order chi connectivity index (χ1) is 14.4. The van der Waals surface area contributed by atoms with Crippen molar-refractivity contribution >= 4 is 40.9 Å². The number of carbonyl (C=O) groups excluding carboxylic acids is 3. The Hall–Kier alpha value is -3.64. The number of hydrogen-bond acceptors (Lipinski definition) is 4. The summed E-state index contributed by atoms with van der Waals surface area (Å²) < 4.78 is 5.22. The number of amides is 3. The van der Waals surface area contributed by atoms with Gasteiger partial charge in [-0.15, -0.1) is 0 Å². The average molecular weight is 421 g/mol. The van der Waals surface area contributed by atoms with Crippen molar-refractivity contribution in [3.63, 3.8) is 0 Å². The number of nitrogens with one attached hydrogen (secondary N) is 1. The van der Waals surface area contributed by atoms with E-state index < -0.39 is 17.9 Å². The van der Waals surface area contributed by atoms with E-state index in [4.69, 9.17) is 16.3 Å². The monoisotopic (exact) mass is 420 g/mol. The van der Waals surface area contributed by atoms with E-state index in [2.05, 4.69) is 5.32 Å². The van der Waals surface area contributed by atoms with Gasteiger partial charge in [-0.2, -0.15) is 0 Å². The lowest BCUT2D eigenvalue weighted by Crippen LogP contribution is -2.30. The standard InChI is InChI=1S/C23H17ClN2O4/c1-14-7-9-17(25-23(29)30-13-15-5-3-2-4-6-15)12-20(14)26-21(27)18-10-8-16(24)11-19(18)22(26)28/h2-12H,13H2,1H3,(H,25,29). The molecule has 0 unspecified atom stereocenters. The fourth-order valence-electron chi connectivity index (χ4n) is 3.24. The molecule has 3 amide bonds. The molecular formula is C23H17ClN2O4. The van der Waals surface area contributed by atoms with Crippen molar-refractivity contribution in [3.05, 3.63) is 94.0 Å². The second-order valence-electron chi connectivity index (χ2n) is 6.82. The summed E-state index contributed by atoms with van der Waals surface area (Å²) in [5.41, 5.74) is 2.92. The van der Waals surface area contributed by atoms with Crippen LogP contribution in [0.4, 0.5) is 16.2 Å². The van der Waals surface area contributed by atoms with Gasteiger partial charge in [0, 0.05) is 10.7 Å². The molecule has 1 heterocycles. The Balaban J connectivity index is 1.53. The molecule has 150 valence electrons. The van der Waals surface area contributed by atoms with Gasteiger partial charge in [0.05, 0.1) is 16.8 Å². The zero-order valence-corrected chi connectivity index (χ0v) is 16.8. The number of benzene rings is 3. The van der Waals surface area contributed by atoms with Crippen LogP contribution in [-0.4, -0.2) is 17.9 Å². The molecule has 1 aliphatic rings. The quantitative estimate of drug-likeness (QED) is 0.589. The Morgan fingerprint density at radius 3 is 2.47 bits per heavy atom. The maximum Gasteiger partial charge on any atom is 0.411 e. The Morgan fingerprint density at radius 2 is 1.70 bits per heavy atom. The number of ether oxygens (including phenoxy) is 1. The molecule has 0 bridgehead atoms. The van der Waals surface area contributed by atoms with E-state index >= 15 is 0 Å². The highest BCUT2D eigenvalue weighted by Crippen LogP contribution is 2.33. The molecule has 1 N–H and O–H groups in total. The molecule has 0 aromatic heterocycles. The van der Waals surface area contributed by atoms with Crippen LogP contribution >= 0.6 is 11.6 Å². The summed E-state index contributed by atoms with van der Waals surface area (Å²) in [6.07, 6.45) is -0.636. The van der Waals surface area contributed by atoms with E-state index in [0.717, 1.165) is 10.5 Å². The molecule has 6 nitrogen and oxygen atoms in total. The first kappa shape index (κ1) is 19.7. The predicted octanol–water partition coefficient (Wildman–Crippen LogP) is 5.20. The van der Waals surface area contributed by atoms with Gasteiger partial charge in [-0.1, -0.05) is 48.0 Å². The second kappa shape index (κ2) is 8.00. The summed E-state index contributed by atoms with van der Waals surface area (Å²) in [6, 6.07) is 18.9. The fraction of sp³-hybridized carbons (Fsp3) is 0.0870. The summed E-state index contributed by atoms with van der Waals surface area (Å²) in [5.74, 6) is -0.886. The summed E-state index contributed by atoms with van der Waals surface area (Å²) >= 11 is 5.97. The molecule has 0 aliphatic carbocycles. The number of imide groups is 1. The van der Waals surface area contributed by atoms with Gasteiger partial charge in [-0.25, -0.2) is 9.69 Å². The number of fused-ring (bicyclic) bond motifs is 1. The van der Waals surface area contributed by atoms with Crippen molar-refractivity contribution in [2.75, 3.05) is 10.2 Å². The Labute approximate surface area is 178 Å². The smallest absolute Gasteiger partial charge is 0.411 e. The molecule has 0 saturated heterocycles. The highest BCUT2D eigenvalue weighted by atomic mass is 35.5. The van der Waals surface area contributed by atoms with Crippen LogP contribution < -0.4 is 10.2 Å². The van der Waals surface area contributed by atoms with Crippen LogP contribution in [0.25, 0.3) is 0 Å². The third kappa shape index (κ3) is 3.77. The molecule has 0 radical (unpaired) electrons. The van der Waals surface area contributed by atoms with Crippen molar-refractivity contribution in [1.82, 2.24) is 0 Å². The number of rotatable bonds is 4. The summed E-state index contributed by atoms with van der Waals surface area (Å²) in [7, 11) is 0. The van der Waals surface area contributed by atoms with Gasteiger partial charge in [0.1, 0.15) is 6.61 Å². The predicted molar refractivity (Wildman–Crippen MR) is 114 cm³/mol. The third-order valence-corrected chi connectivity index (χ3v) is 4.99. The highest BCUT2D eigenvalue weighted by Gasteiger charge is 2.37. The van der Waals surface area contributed by atoms with Crippen LogP contribution in [0.15, 0.2) is 66.7 Å². The molecule has 7 heteroatoms. The molecule has 0 saturated carbocycles. The number of aryl methyl sites for hydroxylation is 1. The van der Waals surface area contributed by atoms with Crippen LogP contribution in [0.3, 0.4) is 0 Å². The van der Waals surface area contributed by atoms with Crippen LogP contribution in [0.5, 0.6) is 0 Å². The first-order valence-electron chi connectivity index (χ1n) is 9.21. The van der Waals surface area contributed by atoms with Crippen molar-refractivity contribution < 1.29 is 19.1 Å². The zero-order valence-electron chi connectivity index (χ0n) is 16.0. The number of halogens is 1. The van der Waals surface area contributed by atoms with E-state index in [0.29, 0.717) is 27.5 Å². The van der Waals surface area contributed by atoms with Crippen LogP contribution in [0.1, 0.15) is 31.8 Å². The van der Waals surface area contributed by atoms with Crippen LogP contribution in [0.2, 0.25) is 5.02 Å². The molecule has 0 atom stereocenters. The summed E-state index contributed by atoms with van der Waals surface area (Å²) in [4.78, 5) is 38.9. The van der Waals surface area contributed by atoms with Gasteiger partial charge >= 0.3 is 6.09 Å². The molecule has 3 aromatic rings. The maximum absolute atomic E-state index is 12.8. The number of hydrogen-bond donors (Lipinski definition) is 1. The van der Waals surface area contributed by atoms with E-state index in [1.54, 1.807) is 31.2 Å². The van der Waals surface area contributed by atoms with E-state index in [1.165, 1.54) is 12.1 Å². The normalized spacial score (nSPS) is 12.7. The minimum atomic E-state index is -0.636. The van der Waals surface area contributed by atoms with Gasteiger partial charge in [0.2, 0.25) is 0 Å². The number of anilines is 2. The third-order valence-electron chi connectivity index (χ3n) is 4.76. The largest absolute Gasteiger partial charge is 0.444 e. The molecule has 1 aliphatic heterocycles. The number of nitrogens with zero attached hydrogens (tertiary/aromatic N) is 1. The van der Waals surface area contributed by atoms with Gasteiger partial charge in [-0.05, 0) is 48.4 Å². The second-order valence-corrected chi connectivity index (χ2v) is 7.26. The van der Waals surface area contributed by atoms with Gasteiger partial charge in [0.15, 0.2) is 0 Å². The number of carbonyl (C=O) groups is 3. The average Bonchev–Trinajstić information content (AvgIpc) is 2.98. The molecule has 0 spiro atoms. The molecular weight excluding hydrogens is 404 g/mol. The highest BCUT2D eigenvalue weighted by molar-refractivity contribution is 6.37. The van der Waals surface area contributed by atoms with Gasteiger partial charge in [-0.3, -0.25) is 14.9 Å². The summed E-state index contributed by atoms with van der Waals surface area (Å²) in [5, 5.41) is 3.01. The van der Waals surface area contributed by atoms with Crippen molar-refractivity contribution in [3.8, 4) is 0 Å². The van der Waals surface area contributed by atoms with E-state index in [1.807, 2.05) is 30.3 Å². The Bertz CT molecular complexity index is 1160. The zero-order chi connectivity index (χ0) is 21.3. The van der Waals surface area contributed by atoms with Crippen molar-refractivity contribution in [2.24, 2.45) is 0 Å². The fourth-order valence-corrected chi connectivity index (χ4v) is 3.41. The molecule has 0 fully saturated rings. The summed E-state index contributed by atoms with van der Waals surface area (Å²) in [6.45, 7) is 1.91. The van der Waals surface area contributed by atoms with Crippen molar-refractivity contribution in [1.29, 1.82) is 0 Å². The topological polar surface area (TPSA) is 75.7 Å². The molecule has 4 rings (SSSR count). The SMILES string of the molecule is Cc1ccc(NC(=O)OCc2ccccc2)cc1N1C(=O)c2ccc(Cl)cc2C1=O. The Morgan fingerprint density at radius 1 is 0.967 bits per heavy atom. The minimum Gasteiger partial charge on any atom is -0.444 e. The lowest BCUT2D eigenvalue weighted by Gasteiger charge is -2.18. The maximum atomic E-state index is 12.8. The molecule has 30 heavy (non-hydrogen) atoms. The van der Waals surface area contributed by atoms with Gasteiger partial charge in [0.25, 0.3) is 11.8 Å². The van der Waals surface area contributed by atoms with Crippen LogP contribution in [0, 0.1) is 6.92 Å². The Kier molecular flexibility index (Phi) is 5.25. The minimum absolute atomic E-state index is 0.130. The van der Waals surface area contributed by atoms with E-state index in [9.17, 15) is 14.4 Å². The van der Waals surface area contributed by atoms with Crippen molar-refractivity contribution in [2.45, 2.75) is 13.5 Å². The lowest BCUT2D eigenvalue weighted by molar-refractivity contribution is 0.0926. The molecule has 3 aromatic carbocycles. The first-order valence-corrected chi connectivity index (χ1v) is 9.58. The van der Waals surface area contributed by atoms with Gasteiger partial charge < -0.3 is 4.74 Å². The van der Waals surface area contributed by atoms with E-state index in [-0.39, 0.29) is 12.2 Å².